The molecule has 0 rings (SSSR count). The normalized spacial score (nSPS) is 14.4. The minimum atomic E-state index is -6.07. The van der Waals surface area contributed by atoms with Gasteiger partial charge in [0.05, 0.1) is 10.0 Å². The average Bonchev–Trinajstić information content (AvgIpc) is 2.22. The number of nitrogens with zero attached hydrogens (tertiary/aromatic N) is 1. The Balaban J connectivity index is -0.00000220. The van der Waals surface area contributed by atoms with Crippen LogP contribution in [-0.2, 0) is 28.6 Å². The molecule has 0 atom stereocenters. The molecular formula is C8H20F3LiNO6S2Si2-. The summed E-state index contributed by atoms with van der Waals surface area (Å²) in [6.45, 7) is 6.78. The van der Waals surface area contributed by atoms with Crippen LogP contribution < -0.4 is 18.9 Å². The first-order valence-corrected chi connectivity index (χ1v) is 14.9. The van der Waals surface area contributed by atoms with Crippen molar-refractivity contribution < 1.29 is 58.8 Å². The fraction of sp³-hybridized carbons (Fsp3) is 1.00. The summed E-state index contributed by atoms with van der Waals surface area (Å²) in [6, 6.07) is -0.105. The monoisotopic (exact) mass is 410 g/mol. The molecule has 0 aliphatic rings. The summed E-state index contributed by atoms with van der Waals surface area (Å²) in [7, 11) is -14.4. The van der Waals surface area contributed by atoms with Crippen molar-refractivity contribution >= 4 is 36.9 Å². The molecule has 0 aromatic carbocycles. The number of alkyl halides is 3. The van der Waals surface area contributed by atoms with E-state index in [1.54, 1.807) is 26.2 Å². The van der Waals surface area contributed by atoms with Crippen LogP contribution in [0.5, 0.6) is 0 Å². The molecule has 23 heavy (non-hydrogen) atoms. The summed E-state index contributed by atoms with van der Waals surface area (Å²) >= 11 is 0. The molecule has 0 bridgehead atoms. The van der Waals surface area contributed by atoms with Gasteiger partial charge in [-0.1, -0.05) is 0 Å². The molecule has 0 spiro atoms. The zero-order chi connectivity index (χ0) is 18.0. The van der Waals surface area contributed by atoms with Crippen LogP contribution in [0.3, 0.4) is 0 Å². The molecule has 0 saturated carbocycles. The number of halogens is 3. The van der Waals surface area contributed by atoms with Gasteiger partial charge in [-0.2, -0.15) is 13.2 Å². The Kier molecular flexibility index (Phi) is 9.35. The average molecular weight is 410 g/mol. The van der Waals surface area contributed by atoms with Gasteiger partial charge >= 0.3 is 32.9 Å². The third-order valence-electron chi connectivity index (χ3n) is 2.48. The van der Waals surface area contributed by atoms with Crippen molar-refractivity contribution in [3.8, 4) is 0 Å². The Morgan fingerprint density at radius 2 is 1.52 bits per heavy atom. The Morgan fingerprint density at radius 1 is 1.09 bits per heavy atom. The summed E-state index contributed by atoms with van der Waals surface area (Å²) in [4.78, 5) is 0. The summed E-state index contributed by atoms with van der Waals surface area (Å²) in [6.07, 6.45) is 0. The minimum absolute atomic E-state index is 0. The number of hydrogen-bond acceptors (Lipinski definition) is 6. The number of rotatable bonds is 8. The van der Waals surface area contributed by atoms with Crippen LogP contribution in [-0.4, -0.2) is 52.1 Å². The van der Waals surface area contributed by atoms with Crippen LogP contribution in [0.2, 0.25) is 32.2 Å². The molecular weight excluding hydrogens is 390 g/mol. The Bertz CT molecular complexity index is 599. The molecule has 0 amide bonds. The van der Waals surface area contributed by atoms with Crippen molar-refractivity contribution in [2.75, 3.05) is 12.9 Å². The predicted octanol–water partition coefficient (Wildman–Crippen LogP) is -0.774. The zero-order valence-corrected chi connectivity index (χ0v) is 17.4. The second-order valence-electron chi connectivity index (χ2n) is 5.50. The zero-order valence-electron chi connectivity index (χ0n) is 14.8. The van der Waals surface area contributed by atoms with Crippen LogP contribution in [0, 0.1) is 0 Å². The van der Waals surface area contributed by atoms with Crippen LogP contribution >= 0.6 is 0 Å². The van der Waals surface area contributed by atoms with Gasteiger partial charge in [-0.3, -0.25) is 0 Å². The van der Waals surface area contributed by atoms with E-state index in [0.717, 1.165) is 0 Å². The van der Waals surface area contributed by atoms with Gasteiger partial charge < -0.3 is 14.1 Å². The minimum Gasteiger partial charge on any atom is -1.00 e. The number of sulfonamides is 2. The molecule has 0 radical (unpaired) electrons. The largest absolute Gasteiger partial charge is 1.00 e. The third-order valence-corrected chi connectivity index (χ3v) is 12.5. The Morgan fingerprint density at radius 3 is 1.87 bits per heavy atom. The molecule has 7 nitrogen and oxygen atoms in total. The van der Waals surface area contributed by atoms with Gasteiger partial charge in [0.2, 0.25) is 0 Å². The van der Waals surface area contributed by atoms with Crippen LogP contribution in [0.1, 0.15) is 1.43 Å². The van der Waals surface area contributed by atoms with Crippen molar-refractivity contribution in [3.05, 3.63) is 4.13 Å². The molecule has 0 fully saturated rings. The summed E-state index contributed by atoms with van der Waals surface area (Å²) < 4.78 is 93.8. The first-order valence-electron chi connectivity index (χ1n) is 5.97. The van der Waals surface area contributed by atoms with E-state index in [2.05, 4.69) is 0 Å². The standard InChI is InChI=1S/C8H19F3NO6S2Si2.Li.H/c1-17-22(4,5)18-21(2,3)7-6-19(13,14)12-20(15,16)8(9,10)11;;/h6-7H2,1-5H3;;/q-1;+1;-1. The molecule has 0 unspecified atom stereocenters. The topological polar surface area (TPSA) is 101 Å². The first-order chi connectivity index (χ1) is 9.43. The van der Waals surface area contributed by atoms with E-state index in [-0.39, 0.29) is 26.3 Å². The number of hydrogen-bond donors (Lipinski definition) is 0. The summed E-state index contributed by atoms with van der Waals surface area (Å²) in [5.41, 5.74) is -5.74. The second-order valence-corrected chi connectivity index (χ2v) is 17.1. The fourth-order valence-electron chi connectivity index (χ4n) is 1.36. The molecule has 0 N–H and O–H groups in total. The van der Waals surface area contributed by atoms with Crippen molar-refractivity contribution in [1.82, 2.24) is 0 Å². The van der Waals surface area contributed by atoms with Gasteiger partial charge in [-0.05, 0) is 32.2 Å². The maximum Gasteiger partial charge on any atom is 1.00 e. The quantitative estimate of drug-likeness (QED) is 0.487. The van der Waals surface area contributed by atoms with E-state index in [0.29, 0.717) is 0 Å². The molecule has 15 heteroatoms. The van der Waals surface area contributed by atoms with Crippen molar-refractivity contribution in [3.63, 3.8) is 0 Å². The summed E-state index contributed by atoms with van der Waals surface area (Å²) in [5, 5.41) is 0. The molecule has 136 valence electrons. The van der Waals surface area contributed by atoms with Gasteiger partial charge in [0.1, 0.15) is 0 Å². The maximum atomic E-state index is 12.1. The van der Waals surface area contributed by atoms with E-state index >= 15 is 0 Å². The Labute approximate surface area is 150 Å². The van der Waals surface area contributed by atoms with Gasteiger partial charge in [-0.15, -0.1) is 0 Å². The Hall–Kier alpha value is 0.601. The van der Waals surface area contributed by atoms with Crippen molar-refractivity contribution in [2.24, 2.45) is 0 Å². The molecule has 0 heterocycles. The van der Waals surface area contributed by atoms with E-state index in [1.807, 2.05) is 4.13 Å². The van der Waals surface area contributed by atoms with Crippen LogP contribution in [0.4, 0.5) is 13.2 Å². The van der Waals surface area contributed by atoms with Crippen molar-refractivity contribution in [2.45, 2.75) is 37.7 Å². The molecule has 0 aromatic rings. The first kappa shape index (κ1) is 25.8. The van der Waals surface area contributed by atoms with Gasteiger partial charge in [0.25, 0.3) is 0 Å². The molecule has 0 saturated heterocycles. The van der Waals surface area contributed by atoms with E-state index in [1.165, 1.54) is 7.11 Å². The molecule has 0 aromatic heterocycles. The smallest absolute Gasteiger partial charge is 1.00 e. The SMILES string of the molecule is CO[Si](C)(C)O[Si](C)(C)CCS(=O)(=O)[N-]S(=O)(=O)C(F)(F)F.[H-].[Li+]. The van der Waals surface area contributed by atoms with Crippen LogP contribution in [0.25, 0.3) is 4.13 Å². The van der Waals surface area contributed by atoms with Gasteiger partial charge in [0, 0.05) is 12.9 Å². The van der Waals surface area contributed by atoms with Gasteiger partial charge in [-0.25, -0.2) is 16.8 Å². The van der Waals surface area contributed by atoms with Gasteiger partial charge in [0.15, 0.2) is 18.3 Å². The van der Waals surface area contributed by atoms with Crippen LogP contribution in [0.15, 0.2) is 0 Å². The molecule has 0 aliphatic heterocycles. The van der Waals surface area contributed by atoms with E-state index in [9.17, 15) is 30.0 Å². The van der Waals surface area contributed by atoms with E-state index in [4.69, 9.17) is 8.54 Å². The molecule has 0 aliphatic carbocycles. The van der Waals surface area contributed by atoms with E-state index < -0.39 is 48.2 Å². The maximum absolute atomic E-state index is 12.1. The predicted molar refractivity (Wildman–Crippen MR) is 81.1 cm³/mol. The summed E-state index contributed by atoms with van der Waals surface area (Å²) in [5.74, 6) is -0.838. The van der Waals surface area contributed by atoms with Crippen molar-refractivity contribution in [1.29, 1.82) is 0 Å². The third kappa shape index (κ3) is 9.61. The fourth-order valence-corrected chi connectivity index (χ4v) is 12.3. The second kappa shape index (κ2) is 8.32.